The van der Waals surface area contributed by atoms with Crippen LogP contribution in [-0.4, -0.2) is 54.2 Å². The molecule has 232 valence electrons. The van der Waals surface area contributed by atoms with Gasteiger partial charge in [0.05, 0.1) is 16.0 Å². The largest absolute Gasteiger partial charge is 0.323 e. The number of para-hydroxylation sites is 1. The summed E-state index contributed by atoms with van der Waals surface area (Å²) in [6.07, 6.45) is 2.15. The highest BCUT2D eigenvalue weighted by Gasteiger charge is 2.73. The Bertz CT molecular complexity index is 2030. The van der Waals surface area contributed by atoms with Crippen molar-refractivity contribution in [3.63, 3.8) is 0 Å². The third kappa shape index (κ3) is 3.88. The zero-order valence-electron chi connectivity index (χ0n) is 25.5. The molecule has 4 aliphatic rings. The minimum Gasteiger partial charge on any atom is -0.323 e. The van der Waals surface area contributed by atoms with Crippen LogP contribution in [0.15, 0.2) is 120 Å². The number of sulfonamides is 1. The molecule has 0 unspecified atom stereocenters. The van der Waals surface area contributed by atoms with Gasteiger partial charge in [0, 0.05) is 12.8 Å². The molecular formula is C37H33N3O4S2. The molecule has 4 atom stereocenters. The van der Waals surface area contributed by atoms with Crippen molar-refractivity contribution in [2.45, 2.75) is 52.9 Å². The van der Waals surface area contributed by atoms with Crippen molar-refractivity contribution in [3.05, 3.63) is 138 Å². The number of hydrogen-bond acceptors (Lipinski definition) is 5. The predicted octanol–water partition coefficient (Wildman–Crippen LogP) is 5.82. The van der Waals surface area contributed by atoms with Crippen LogP contribution >= 0.6 is 11.8 Å². The number of benzene rings is 4. The molecule has 3 heterocycles. The van der Waals surface area contributed by atoms with Crippen LogP contribution in [0, 0.1) is 0 Å². The first-order valence-corrected chi connectivity index (χ1v) is 17.9. The molecule has 9 heteroatoms. The molecule has 2 amide bonds. The molecule has 3 aliphatic heterocycles. The Morgan fingerprint density at radius 2 is 1.50 bits per heavy atom. The second-order valence-corrected chi connectivity index (χ2v) is 15.6. The van der Waals surface area contributed by atoms with Gasteiger partial charge in [-0.3, -0.25) is 9.59 Å². The number of amides is 2. The fourth-order valence-corrected chi connectivity index (χ4v) is 11.0. The van der Waals surface area contributed by atoms with Gasteiger partial charge in [0.15, 0.2) is 5.37 Å². The van der Waals surface area contributed by atoms with Crippen molar-refractivity contribution in [3.8, 4) is 0 Å². The van der Waals surface area contributed by atoms with Gasteiger partial charge in [-0.15, -0.1) is 11.8 Å². The van der Waals surface area contributed by atoms with Crippen LogP contribution in [-0.2, 0) is 37.2 Å². The Kier molecular flexibility index (Phi) is 6.54. The third-order valence-corrected chi connectivity index (χ3v) is 13.2. The summed E-state index contributed by atoms with van der Waals surface area (Å²) in [6.45, 7) is 1.82. The number of nitrogens with zero attached hydrogens (tertiary/aromatic N) is 3. The SMILES string of the molecule is CN1C(=O)[C@@]2(C)C[C@]3(C4=CCc5ccccc54)c4ccccc4N(S(=O)(=O)c4ccccc4)[C@@H]3N2C(=O)[C@@H]1SCc1ccccc1. The van der Waals surface area contributed by atoms with Gasteiger partial charge >= 0.3 is 0 Å². The molecule has 4 aromatic carbocycles. The summed E-state index contributed by atoms with van der Waals surface area (Å²) in [4.78, 5) is 32.9. The number of allylic oxidation sites excluding steroid dienone is 1. The highest BCUT2D eigenvalue weighted by molar-refractivity contribution is 7.99. The average Bonchev–Trinajstić information content (AvgIpc) is 3.71. The first kappa shape index (κ1) is 29.1. The lowest BCUT2D eigenvalue weighted by molar-refractivity contribution is -0.162. The van der Waals surface area contributed by atoms with Crippen molar-refractivity contribution < 1.29 is 18.0 Å². The fourth-order valence-electron chi connectivity index (χ4n) is 8.22. The smallest absolute Gasteiger partial charge is 0.266 e. The van der Waals surface area contributed by atoms with E-state index in [0.29, 0.717) is 17.9 Å². The third-order valence-electron chi connectivity index (χ3n) is 10.1. The van der Waals surface area contributed by atoms with Gasteiger partial charge in [0.1, 0.15) is 11.7 Å². The predicted molar refractivity (Wildman–Crippen MR) is 180 cm³/mol. The van der Waals surface area contributed by atoms with E-state index in [2.05, 4.69) is 18.2 Å². The number of carbonyl (C=O) groups excluding carboxylic acids is 2. The number of hydrogen-bond donors (Lipinski definition) is 0. The van der Waals surface area contributed by atoms with Crippen LogP contribution in [0.1, 0.15) is 35.6 Å². The number of likely N-dealkylation sites (N-methyl/N-ethyl adjacent to an activating group) is 1. The molecular weight excluding hydrogens is 615 g/mol. The van der Waals surface area contributed by atoms with E-state index in [9.17, 15) is 18.0 Å². The summed E-state index contributed by atoms with van der Waals surface area (Å²) in [5.41, 5.74) is 3.28. The quantitative estimate of drug-likeness (QED) is 0.264. The summed E-state index contributed by atoms with van der Waals surface area (Å²) < 4.78 is 31.1. The lowest BCUT2D eigenvalue weighted by Crippen LogP contribution is -2.70. The van der Waals surface area contributed by atoms with E-state index in [4.69, 9.17) is 0 Å². The van der Waals surface area contributed by atoms with Gasteiger partial charge in [-0.1, -0.05) is 97.1 Å². The molecule has 8 rings (SSSR count). The Morgan fingerprint density at radius 3 is 2.26 bits per heavy atom. The number of thioether (sulfide) groups is 1. The van der Waals surface area contributed by atoms with Crippen LogP contribution in [0.4, 0.5) is 5.69 Å². The summed E-state index contributed by atoms with van der Waals surface area (Å²) in [5, 5.41) is -0.814. The lowest BCUT2D eigenvalue weighted by Gasteiger charge is -2.49. The molecule has 0 aromatic heterocycles. The Labute approximate surface area is 273 Å². The molecule has 2 fully saturated rings. The van der Waals surface area contributed by atoms with Gasteiger partial charge in [-0.25, -0.2) is 12.7 Å². The average molecular weight is 648 g/mol. The van der Waals surface area contributed by atoms with Gasteiger partial charge in [0.2, 0.25) is 5.91 Å². The summed E-state index contributed by atoms with van der Waals surface area (Å²) in [7, 11) is -2.48. The summed E-state index contributed by atoms with van der Waals surface area (Å²) >= 11 is 1.39. The van der Waals surface area contributed by atoms with Crippen LogP contribution in [0.3, 0.4) is 0 Å². The Morgan fingerprint density at radius 1 is 0.848 bits per heavy atom. The monoisotopic (exact) mass is 647 g/mol. The van der Waals surface area contributed by atoms with E-state index in [0.717, 1.165) is 27.8 Å². The van der Waals surface area contributed by atoms with E-state index >= 15 is 0 Å². The first-order valence-electron chi connectivity index (χ1n) is 15.4. The van der Waals surface area contributed by atoms with Crippen molar-refractivity contribution >= 4 is 44.9 Å². The molecule has 0 spiro atoms. The molecule has 1 aliphatic carbocycles. The van der Waals surface area contributed by atoms with Gasteiger partial charge < -0.3 is 9.80 Å². The van der Waals surface area contributed by atoms with Crippen molar-refractivity contribution in [2.75, 3.05) is 11.4 Å². The second kappa shape index (κ2) is 10.3. The van der Waals surface area contributed by atoms with E-state index in [1.807, 2.05) is 73.7 Å². The molecule has 4 aromatic rings. The maximum Gasteiger partial charge on any atom is 0.266 e. The highest BCUT2D eigenvalue weighted by atomic mass is 32.2. The Hall–Kier alpha value is -4.34. The van der Waals surface area contributed by atoms with Gasteiger partial charge in [0.25, 0.3) is 15.9 Å². The number of anilines is 1. The van der Waals surface area contributed by atoms with E-state index in [-0.39, 0.29) is 23.1 Å². The zero-order chi connectivity index (χ0) is 31.8. The van der Waals surface area contributed by atoms with E-state index in [1.165, 1.54) is 16.1 Å². The standard InChI is InChI=1S/C37H33N3O4S2/c1-36-24-37(29-22-21-26-15-9-10-18-28(26)29)30-19-11-12-20-31(30)40(46(43,44)27-16-7-4-8-17-27)34(37)39(36)32(41)33(38(2)35(36)42)45-23-25-13-5-3-6-14-25/h3-20,22,33-34H,21,23-24H2,1-2H3/t33-,34-,36+,37-/m0/s1. The highest BCUT2D eigenvalue weighted by Crippen LogP contribution is 2.65. The van der Waals surface area contributed by atoms with E-state index in [1.54, 1.807) is 47.2 Å². The van der Waals surface area contributed by atoms with Crippen LogP contribution in [0.2, 0.25) is 0 Å². The summed E-state index contributed by atoms with van der Waals surface area (Å²) in [5.74, 6) is 0.0817. The molecule has 0 saturated carbocycles. The fraction of sp³-hybridized carbons (Fsp3) is 0.243. The maximum absolute atomic E-state index is 15.0. The van der Waals surface area contributed by atoms with Gasteiger partial charge in [-0.05, 0) is 65.8 Å². The van der Waals surface area contributed by atoms with Crippen LogP contribution in [0.25, 0.3) is 5.57 Å². The minimum atomic E-state index is -4.18. The van der Waals surface area contributed by atoms with Crippen molar-refractivity contribution in [1.29, 1.82) is 0 Å². The first-order chi connectivity index (χ1) is 22.2. The number of fused-ring (bicyclic) bond motifs is 6. The molecule has 0 N–H and O–H groups in total. The Balaban J connectivity index is 1.35. The van der Waals surface area contributed by atoms with E-state index < -0.39 is 32.5 Å². The number of rotatable bonds is 6. The maximum atomic E-state index is 15.0. The van der Waals surface area contributed by atoms with Crippen LogP contribution in [0.5, 0.6) is 0 Å². The molecule has 46 heavy (non-hydrogen) atoms. The topological polar surface area (TPSA) is 78.0 Å². The molecule has 2 saturated heterocycles. The second-order valence-electron chi connectivity index (χ2n) is 12.7. The minimum absolute atomic E-state index is 0.137. The normalized spacial score (nSPS) is 26.5. The molecule has 0 radical (unpaired) electrons. The summed E-state index contributed by atoms with van der Waals surface area (Å²) in [6, 6.07) is 34.0. The van der Waals surface area contributed by atoms with Crippen LogP contribution < -0.4 is 4.31 Å². The van der Waals surface area contributed by atoms with Gasteiger partial charge in [-0.2, -0.15) is 0 Å². The molecule has 0 bridgehead atoms. The number of carbonyl (C=O) groups is 2. The zero-order valence-corrected chi connectivity index (χ0v) is 27.2. The van der Waals surface area contributed by atoms with Crippen molar-refractivity contribution in [2.24, 2.45) is 0 Å². The number of piperazine rings is 1. The lowest BCUT2D eigenvalue weighted by atomic mass is 9.68. The van der Waals surface area contributed by atoms with Crippen molar-refractivity contribution in [1.82, 2.24) is 9.80 Å². The molecule has 7 nitrogen and oxygen atoms in total.